The number of nitrogens with one attached hydrogen (secondary N) is 1. The minimum Gasteiger partial charge on any atom is -0.368 e. The van der Waals surface area contributed by atoms with Crippen molar-refractivity contribution in [2.45, 2.75) is 4.90 Å². The predicted molar refractivity (Wildman–Crippen MR) is 110 cm³/mol. The Labute approximate surface area is 168 Å². The van der Waals surface area contributed by atoms with Gasteiger partial charge in [0.15, 0.2) is 0 Å². The van der Waals surface area contributed by atoms with E-state index < -0.39 is 15.8 Å². The second-order valence-corrected chi connectivity index (χ2v) is 8.32. The smallest absolute Gasteiger partial charge is 0.261 e. The maximum absolute atomic E-state index is 13.0. The third-order valence-electron chi connectivity index (χ3n) is 4.70. The Bertz CT molecular complexity index is 1050. The van der Waals surface area contributed by atoms with E-state index in [2.05, 4.69) is 36.6 Å². The number of para-hydroxylation sites is 1. The van der Waals surface area contributed by atoms with Crippen molar-refractivity contribution in [3.63, 3.8) is 0 Å². The maximum atomic E-state index is 13.0. The number of hydrogen-bond donors (Lipinski definition) is 1. The molecule has 1 N–H and O–H groups in total. The molecule has 0 aliphatic carbocycles. The Hall–Kier alpha value is -3.20. The Morgan fingerprint density at radius 2 is 1.41 bits per heavy atom. The van der Waals surface area contributed by atoms with Gasteiger partial charge in [-0.3, -0.25) is 4.72 Å². The van der Waals surface area contributed by atoms with Crippen LogP contribution in [0.4, 0.5) is 21.7 Å². The van der Waals surface area contributed by atoms with Crippen molar-refractivity contribution in [3.05, 3.63) is 72.8 Å². The van der Waals surface area contributed by atoms with Crippen molar-refractivity contribution in [2.75, 3.05) is 40.7 Å². The lowest BCUT2D eigenvalue weighted by atomic mass is 10.2. The first-order valence-electron chi connectivity index (χ1n) is 9.17. The summed E-state index contributed by atoms with van der Waals surface area (Å²) in [5, 5.41) is 0. The molecule has 150 valence electrons. The molecule has 29 heavy (non-hydrogen) atoms. The average molecular weight is 413 g/mol. The molecule has 1 saturated heterocycles. The first-order valence-corrected chi connectivity index (χ1v) is 10.6. The molecule has 2 heterocycles. The van der Waals surface area contributed by atoms with Crippen LogP contribution < -0.4 is 14.5 Å². The summed E-state index contributed by atoms with van der Waals surface area (Å²) in [4.78, 5) is 12.9. The normalized spacial score (nSPS) is 14.7. The summed E-state index contributed by atoms with van der Waals surface area (Å²) < 4.78 is 40.1. The molecule has 0 unspecified atom stereocenters. The van der Waals surface area contributed by atoms with Crippen molar-refractivity contribution >= 4 is 27.3 Å². The minimum atomic E-state index is -3.82. The van der Waals surface area contributed by atoms with Crippen LogP contribution in [-0.4, -0.2) is 44.6 Å². The van der Waals surface area contributed by atoms with E-state index >= 15 is 0 Å². The summed E-state index contributed by atoms with van der Waals surface area (Å²) in [5.41, 5.74) is 1.44. The van der Waals surface area contributed by atoms with Gasteiger partial charge in [-0.05, 0) is 36.4 Å². The number of benzene rings is 2. The van der Waals surface area contributed by atoms with Crippen LogP contribution in [0.3, 0.4) is 0 Å². The van der Waals surface area contributed by atoms with E-state index in [0.29, 0.717) is 5.95 Å². The quantitative estimate of drug-likeness (QED) is 0.693. The number of aromatic nitrogens is 2. The van der Waals surface area contributed by atoms with Crippen LogP contribution in [0.15, 0.2) is 71.9 Å². The fourth-order valence-electron chi connectivity index (χ4n) is 3.17. The topological polar surface area (TPSA) is 78.4 Å². The van der Waals surface area contributed by atoms with Crippen molar-refractivity contribution in [1.82, 2.24) is 9.97 Å². The number of rotatable bonds is 5. The lowest BCUT2D eigenvalue weighted by molar-refractivity contribution is 0.599. The SMILES string of the molecule is O=S(=O)(Nc1cnc(N2CCN(c3ccccc3)CC2)nc1)c1ccc(F)cc1. The van der Waals surface area contributed by atoms with Crippen LogP contribution in [-0.2, 0) is 10.0 Å². The van der Waals surface area contributed by atoms with Crippen molar-refractivity contribution in [2.24, 2.45) is 0 Å². The van der Waals surface area contributed by atoms with Gasteiger partial charge in [0.2, 0.25) is 5.95 Å². The fourth-order valence-corrected chi connectivity index (χ4v) is 4.20. The highest BCUT2D eigenvalue weighted by molar-refractivity contribution is 7.92. The fraction of sp³-hybridized carbons (Fsp3) is 0.200. The lowest BCUT2D eigenvalue weighted by Gasteiger charge is -2.36. The van der Waals surface area contributed by atoms with Crippen LogP contribution in [0.2, 0.25) is 0 Å². The summed E-state index contributed by atoms with van der Waals surface area (Å²) in [5.74, 6) is 0.0615. The molecule has 9 heteroatoms. The highest BCUT2D eigenvalue weighted by Gasteiger charge is 2.20. The highest BCUT2D eigenvalue weighted by atomic mass is 32.2. The molecule has 0 saturated carbocycles. The summed E-state index contributed by atoms with van der Waals surface area (Å²) >= 11 is 0. The molecule has 2 aromatic carbocycles. The molecule has 4 rings (SSSR count). The Balaban J connectivity index is 1.39. The zero-order valence-corrected chi connectivity index (χ0v) is 16.4. The second kappa shape index (κ2) is 8.04. The molecule has 0 bridgehead atoms. The van der Waals surface area contributed by atoms with Gasteiger partial charge in [-0.1, -0.05) is 18.2 Å². The van der Waals surface area contributed by atoms with E-state index in [4.69, 9.17) is 0 Å². The van der Waals surface area contributed by atoms with Crippen LogP contribution >= 0.6 is 0 Å². The van der Waals surface area contributed by atoms with E-state index in [0.717, 1.165) is 38.3 Å². The van der Waals surface area contributed by atoms with Crippen molar-refractivity contribution < 1.29 is 12.8 Å². The van der Waals surface area contributed by atoms with Gasteiger partial charge in [-0.15, -0.1) is 0 Å². The second-order valence-electron chi connectivity index (χ2n) is 6.64. The summed E-state index contributed by atoms with van der Waals surface area (Å²) in [6.45, 7) is 3.25. The molecular formula is C20H20FN5O2S. The van der Waals surface area contributed by atoms with Crippen molar-refractivity contribution in [3.8, 4) is 0 Å². The molecule has 1 fully saturated rings. The van der Waals surface area contributed by atoms with Gasteiger partial charge in [0, 0.05) is 31.9 Å². The first kappa shape index (κ1) is 19.1. The molecule has 1 aromatic heterocycles. The standard InChI is InChI=1S/C20H20FN5O2S/c21-16-6-8-19(9-7-16)29(27,28)24-17-14-22-20(23-15-17)26-12-10-25(11-13-26)18-4-2-1-3-5-18/h1-9,14-15,24H,10-13H2. The molecule has 3 aromatic rings. The largest absolute Gasteiger partial charge is 0.368 e. The number of piperazine rings is 1. The predicted octanol–water partition coefficient (Wildman–Crippen LogP) is 2.74. The molecule has 0 atom stereocenters. The summed E-state index contributed by atoms with van der Waals surface area (Å²) in [6.07, 6.45) is 2.87. The third kappa shape index (κ3) is 4.45. The molecule has 0 radical (unpaired) electrons. The summed E-state index contributed by atoms with van der Waals surface area (Å²) in [6, 6.07) is 14.8. The van der Waals surface area contributed by atoms with Gasteiger partial charge in [-0.25, -0.2) is 22.8 Å². The van der Waals surface area contributed by atoms with E-state index in [1.807, 2.05) is 18.2 Å². The van der Waals surface area contributed by atoms with Gasteiger partial charge in [-0.2, -0.15) is 0 Å². The van der Waals surface area contributed by atoms with Crippen molar-refractivity contribution in [1.29, 1.82) is 0 Å². The van der Waals surface area contributed by atoms with Crippen LogP contribution in [0, 0.1) is 5.82 Å². The van der Waals surface area contributed by atoms with Crippen LogP contribution in [0.1, 0.15) is 0 Å². The van der Waals surface area contributed by atoms with E-state index in [1.165, 1.54) is 30.2 Å². The Kier molecular flexibility index (Phi) is 5.30. The van der Waals surface area contributed by atoms with Gasteiger partial charge < -0.3 is 9.80 Å². The minimum absolute atomic E-state index is 0.0278. The van der Waals surface area contributed by atoms with E-state index in [9.17, 15) is 12.8 Å². The van der Waals surface area contributed by atoms with E-state index in [-0.39, 0.29) is 10.6 Å². The third-order valence-corrected chi connectivity index (χ3v) is 6.10. The van der Waals surface area contributed by atoms with Crippen LogP contribution in [0.5, 0.6) is 0 Å². The van der Waals surface area contributed by atoms with Gasteiger partial charge in [0.1, 0.15) is 5.82 Å². The number of nitrogens with zero attached hydrogens (tertiary/aromatic N) is 4. The summed E-state index contributed by atoms with van der Waals surface area (Å²) in [7, 11) is -3.82. The molecule has 0 amide bonds. The van der Waals surface area contributed by atoms with Gasteiger partial charge in [0.25, 0.3) is 10.0 Å². The average Bonchev–Trinajstić information content (AvgIpc) is 2.75. The number of sulfonamides is 1. The zero-order valence-electron chi connectivity index (χ0n) is 15.6. The monoisotopic (exact) mass is 413 g/mol. The molecule has 1 aliphatic heterocycles. The lowest BCUT2D eigenvalue weighted by Crippen LogP contribution is -2.47. The number of anilines is 3. The molecule has 7 nitrogen and oxygen atoms in total. The molecule has 1 aliphatic rings. The first-order chi connectivity index (χ1) is 14.0. The molecular weight excluding hydrogens is 393 g/mol. The Morgan fingerprint density at radius 1 is 0.828 bits per heavy atom. The number of halogens is 1. The van der Waals surface area contributed by atoms with Gasteiger partial charge in [0.05, 0.1) is 23.0 Å². The van der Waals surface area contributed by atoms with Gasteiger partial charge >= 0.3 is 0 Å². The van der Waals surface area contributed by atoms with E-state index in [1.54, 1.807) is 0 Å². The van der Waals surface area contributed by atoms with Crippen LogP contribution in [0.25, 0.3) is 0 Å². The zero-order chi connectivity index (χ0) is 20.3. The maximum Gasteiger partial charge on any atom is 0.261 e. The molecule has 0 spiro atoms. The number of hydrogen-bond acceptors (Lipinski definition) is 6. The Morgan fingerprint density at radius 3 is 2.03 bits per heavy atom. The highest BCUT2D eigenvalue weighted by Crippen LogP contribution is 2.19.